The standard InChI is InChI=1S/C9H16O3.C5H10O3/c1-7(2)8(11)12-6-9(3,4)5-10;1-5(2,3-6)4(7)8/h10H,1,5-6H2,2-4H3;6H,3H2,1-2H3,(H,7,8). The lowest BCUT2D eigenvalue weighted by Gasteiger charge is -2.20. The number of aliphatic hydroxyl groups excluding tert-OH is 2. The number of esters is 1. The maximum atomic E-state index is 10.9. The van der Waals surface area contributed by atoms with E-state index in [2.05, 4.69) is 6.58 Å². The van der Waals surface area contributed by atoms with E-state index in [9.17, 15) is 9.59 Å². The Morgan fingerprint density at radius 2 is 1.55 bits per heavy atom. The van der Waals surface area contributed by atoms with E-state index in [1.165, 1.54) is 13.8 Å². The summed E-state index contributed by atoms with van der Waals surface area (Å²) >= 11 is 0. The molecule has 0 spiro atoms. The average Bonchev–Trinajstić information content (AvgIpc) is 2.36. The molecule has 6 heteroatoms. The highest BCUT2D eigenvalue weighted by Gasteiger charge is 2.25. The molecular weight excluding hydrogens is 264 g/mol. The van der Waals surface area contributed by atoms with Gasteiger partial charge >= 0.3 is 11.9 Å². The topological polar surface area (TPSA) is 104 Å². The van der Waals surface area contributed by atoms with E-state index in [-0.39, 0.29) is 25.2 Å². The van der Waals surface area contributed by atoms with E-state index >= 15 is 0 Å². The van der Waals surface area contributed by atoms with Crippen LogP contribution in [0.4, 0.5) is 0 Å². The molecule has 0 rings (SSSR count). The third kappa shape index (κ3) is 9.52. The van der Waals surface area contributed by atoms with Gasteiger partial charge in [-0.25, -0.2) is 4.79 Å². The van der Waals surface area contributed by atoms with Gasteiger partial charge in [-0.3, -0.25) is 4.79 Å². The van der Waals surface area contributed by atoms with Gasteiger partial charge in [0, 0.05) is 11.0 Å². The van der Waals surface area contributed by atoms with Crippen LogP contribution in [0.25, 0.3) is 0 Å². The molecule has 0 bridgehead atoms. The summed E-state index contributed by atoms with van der Waals surface area (Å²) < 4.78 is 4.86. The molecule has 3 N–H and O–H groups in total. The number of hydrogen-bond acceptors (Lipinski definition) is 5. The van der Waals surface area contributed by atoms with Gasteiger partial charge in [0.1, 0.15) is 0 Å². The molecular formula is C14H26O6. The zero-order valence-corrected chi connectivity index (χ0v) is 12.9. The summed E-state index contributed by atoms with van der Waals surface area (Å²) in [5, 5.41) is 25.5. The van der Waals surface area contributed by atoms with Crippen molar-refractivity contribution in [3.8, 4) is 0 Å². The SMILES string of the molecule is C=C(C)C(=O)OCC(C)(C)CO.CC(C)(CO)C(=O)O. The number of ether oxygens (including phenoxy) is 1. The summed E-state index contributed by atoms with van der Waals surface area (Å²) in [5.74, 6) is -1.38. The van der Waals surface area contributed by atoms with E-state index in [1.54, 1.807) is 6.92 Å². The third-order valence-corrected chi connectivity index (χ3v) is 2.34. The Morgan fingerprint density at radius 3 is 1.75 bits per heavy atom. The fraction of sp³-hybridized carbons (Fsp3) is 0.714. The zero-order valence-electron chi connectivity index (χ0n) is 12.9. The van der Waals surface area contributed by atoms with Crippen molar-refractivity contribution >= 4 is 11.9 Å². The van der Waals surface area contributed by atoms with Crippen molar-refractivity contribution in [2.75, 3.05) is 19.8 Å². The van der Waals surface area contributed by atoms with Crippen LogP contribution in [0.15, 0.2) is 12.2 Å². The number of hydrogen-bond donors (Lipinski definition) is 3. The summed E-state index contributed by atoms with van der Waals surface area (Å²) in [6.45, 7) is 11.5. The first kappa shape index (κ1) is 20.9. The molecule has 0 aromatic carbocycles. The van der Waals surface area contributed by atoms with Gasteiger partial charge in [-0.2, -0.15) is 0 Å². The van der Waals surface area contributed by atoms with E-state index in [0.717, 1.165) is 0 Å². The van der Waals surface area contributed by atoms with Crippen LogP contribution in [-0.4, -0.2) is 47.1 Å². The number of aliphatic hydroxyl groups is 2. The van der Waals surface area contributed by atoms with Crippen LogP contribution in [-0.2, 0) is 14.3 Å². The number of rotatable bonds is 6. The third-order valence-electron chi connectivity index (χ3n) is 2.34. The average molecular weight is 290 g/mol. The van der Waals surface area contributed by atoms with Gasteiger partial charge < -0.3 is 20.1 Å². The van der Waals surface area contributed by atoms with Gasteiger partial charge in [0.2, 0.25) is 0 Å². The maximum Gasteiger partial charge on any atom is 0.333 e. The van der Waals surface area contributed by atoms with Gasteiger partial charge in [0.05, 0.1) is 25.2 Å². The number of carboxylic acid groups (broad SMARTS) is 1. The molecule has 0 aliphatic heterocycles. The molecule has 0 amide bonds. The summed E-state index contributed by atoms with van der Waals surface area (Å²) in [5.41, 5.74) is -0.978. The molecule has 0 aromatic rings. The van der Waals surface area contributed by atoms with Crippen molar-refractivity contribution in [1.82, 2.24) is 0 Å². The molecule has 0 saturated heterocycles. The Bertz CT molecular complexity index is 344. The largest absolute Gasteiger partial charge is 0.481 e. The van der Waals surface area contributed by atoms with E-state index < -0.39 is 17.4 Å². The lowest BCUT2D eigenvalue weighted by atomic mass is 9.96. The van der Waals surface area contributed by atoms with E-state index in [1.807, 2.05) is 13.8 Å². The maximum absolute atomic E-state index is 10.9. The Hall–Kier alpha value is -1.40. The number of aliphatic carboxylic acids is 1. The molecule has 0 atom stereocenters. The van der Waals surface area contributed by atoms with Gasteiger partial charge in [0.25, 0.3) is 0 Å². The van der Waals surface area contributed by atoms with Crippen molar-refractivity contribution < 1.29 is 29.6 Å². The minimum absolute atomic E-state index is 0.00350. The van der Waals surface area contributed by atoms with Gasteiger partial charge in [-0.05, 0) is 20.8 Å². The highest BCUT2D eigenvalue weighted by Crippen LogP contribution is 2.14. The molecule has 0 aliphatic rings. The minimum atomic E-state index is -0.986. The van der Waals surface area contributed by atoms with Crippen LogP contribution in [0.2, 0.25) is 0 Å². The molecule has 0 fully saturated rings. The quantitative estimate of drug-likeness (QED) is 0.502. The van der Waals surface area contributed by atoms with Crippen LogP contribution >= 0.6 is 0 Å². The number of carbonyl (C=O) groups excluding carboxylic acids is 1. The van der Waals surface area contributed by atoms with Crippen LogP contribution < -0.4 is 0 Å². The minimum Gasteiger partial charge on any atom is -0.481 e. The van der Waals surface area contributed by atoms with Gasteiger partial charge in [-0.15, -0.1) is 0 Å². The van der Waals surface area contributed by atoms with Crippen molar-refractivity contribution in [1.29, 1.82) is 0 Å². The second-order valence-electron chi connectivity index (χ2n) is 6.03. The molecule has 0 aromatic heterocycles. The fourth-order valence-corrected chi connectivity index (χ4v) is 0.497. The zero-order chi connectivity index (χ0) is 16.6. The summed E-state index contributed by atoms with van der Waals surface area (Å²) in [6, 6.07) is 0. The monoisotopic (exact) mass is 290 g/mol. The Balaban J connectivity index is 0. The second-order valence-corrected chi connectivity index (χ2v) is 6.03. The molecule has 0 radical (unpaired) electrons. The van der Waals surface area contributed by atoms with Crippen molar-refractivity contribution in [2.45, 2.75) is 34.6 Å². The molecule has 0 unspecified atom stereocenters. The molecule has 118 valence electrons. The Labute approximate surface area is 120 Å². The highest BCUT2D eigenvalue weighted by atomic mass is 16.5. The Kier molecular flexibility index (Phi) is 9.10. The van der Waals surface area contributed by atoms with Crippen LogP contribution in [0.1, 0.15) is 34.6 Å². The molecule has 0 saturated carbocycles. The normalized spacial score (nSPS) is 11.2. The number of carboxylic acids is 1. The Morgan fingerprint density at radius 1 is 1.10 bits per heavy atom. The van der Waals surface area contributed by atoms with Gasteiger partial charge in [-0.1, -0.05) is 20.4 Å². The van der Waals surface area contributed by atoms with Crippen molar-refractivity contribution in [3.05, 3.63) is 12.2 Å². The second kappa shape index (κ2) is 8.71. The van der Waals surface area contributed by atoms with Crippen LogP contribution in [0.3, 0.4) is 0 Å². The molecule has 0 aliphatic carbocycles. The fourth-order valence-electron chi connectivity index (χ4n) is 0.497. The first-order chi connectivity index (χ1) is 8.89. The predicted molar refractivity (Wildman–Crippen MR) is 75.1 cm³/mol. The lowest BCUT2D eigenvalue weighted by Crippen LogP contribution is -2.27. The predicted octanol–water partition coefficient (Wildman–Crippen LogP) is 1.21. The van der Waals surface area contributed by atoms with E-state index in [4.69, 9.17) is 20.1 Å². The van der Waals surface area contributed by atoms with Crippen LogP contribution in [0, 0.1) is 10.8 Å². The van der Waals surface area contributed by atoms with Crippen molar-refractivity contribution in [3.63, 3.8) is 0 Å². The lowest BCUT2D eigenvalue weighted by molar-refractivity contribution is -0.149. The molecule has 6 nitrogen and oxygen atoms in total. The van der Waals surface area contributed by atoms with Gasteiger partial charge in [0.15, 0.2) is 0 Å². The molecule has 0 heterocycles. The summed E-state index contributed by atoms with van der Waals surface area (Å²) in [4.78, 5) is 21.0. The molecule has 20 heavy (non-hydrogen) atoms. The van der Waals surface area contributed by atoms with E-state index in [0.29, 0.717) is 5.57 Å². The first-order valence-corrected chi connectivity index (χ1v) is 6.17. The summed E-state index contributed by atoms with van der Waals surface area (Å²) in [6.07, 6.45) is 0. The number of carbonyl (C=O) groups is 2. The smallest absolute Gasteiger partial charge is 0.333 e. The summed E-state index contributed by atoms with van der Waals surface area (Å²) in [7, 11) is 0. The first-order valence-electron chi connectivity index (χ1n) is 6.17. The van der Waals surface area contributed by atoms with Crippen LogP contribution in [0.5, 0.6) is 0 Å². The van der Waals surface area contributed by atoms with Crippen molar-refractivity contribution in [2.24, 2.45) is 10.8 Å². The highest BCUT2D eigenvalue weighted by molar-refractivity contribution is 5.86.